The lowest BCUT2D eigenvalue weighted by atomic mass is 10.1. The van der Waals surface area contributed by atoms with E-state index in [1.54, 1.807) is 6.07 Å². The number of aromatic nitrogens is 3. The van der Waals surface area contributed by atoms with Crippen LogP contribution < -0.4 is 5.32 Å². The molecule has 2 aromatic heterocycles. The Hall–Kier alpha value is -3.94. The van der Waals surface area contributed by atoms with E-state index in [1.165, 1.54) is 19.2 Å². The van der Waals surface area contributed by atoms with Crippen molar-refractivity contribution in [3.63, 3.8) is 0 Å². The Balaban J connectivity index is 1.55. The molecule has 8 heteroatoms. The highest BCUT2D eigenvalue weighted by Gasteiger charge is 2.18. The van der Waals surface area contributed by atoms with Gasteiger partial charge in [-0.25, -0.2) is 14.3 Å². The van der Waals surface area contributed by atoms with Crippen molar-refractivity contribution in [2.45, 2.75) is 26.7 Å². The number of nitrogens with zero attached hydrogens (tertiary/aromatic N) is 3. The van der Waals surface area contributed by atoms with E-state index in [2.05, 4.69) is 15.2 Å². The lowest BCUT2D eigenvalue weighted by molar-refractivity contribution is -0.116. The maximum absolute atomic E-state index is 12.5. The molecule has 0 spiro atoms. The van der Waals surface area contributed by atoms with Crippen LogP contribution in [0.1, 0.15) is 33.7 Å². The molecule has 0 radical (unpaired) electrons. The Labute approximate surface area is 178 Å². The number of para-hydroxylation sites is 1. The van der Waals surface area contributed by atoms with Crippen LogP contribution in [0.5, 0.6) is 5.75 Å². The Kier molecular flexibility index (Phi) is 5.29. The van der Waals surface area contributed by atoms with Crippen molar-refractivity contribution < 1.29 is 19.4 Å². The third-order valence-corrected chi connectivity index (χ3v) is 5.34. The molecule has 158 valence electrons. The first-order valence-electron chi connectivity index (χ1n) is 9.84. The van der Waals surface area contributed by atoms with Crippen molar-refractivity contribution in [1.82, 2.24) is 14.6 Å². The summed E-state index contributed by atoms with van der Waals surface area (Å²) < 4.78 is 6.45. The van der Waals surface area contributed by atoms with Crippen LogP contribution in [-0.4, -0.2) is 38.7 Å². The molecular weight excluding hydrogens is 396 g/mol. The summed E-state index contributed by atoms with van der Waals surface area (Å²) in [5.74, 6) is -1.28. The average molecular weight is 418 g/mol. The van der Waals surface area contributed by atoms with E-state index in [0.29, 0.717) is 6.42 Å². The molecule has 0 fully saturated rings. The van der Waals surface area contributed by atoms with Crippen LogP contribution in [0.3, 0.4) is 0 Å². The van der Waals surface area contributed by atoms with Crippen LogP contribution in [0.25, 0.3) is 16.6 Å². The summed E-state index contributed by atoms with van der Waals surface area (Å²) in [4.78, 5) is 29.0. The molecule has 8 nitrogen and oxygen atoms in total. The summed E-state index contributed by atoms with van der Waals surface area (Å²) in [7, 11) is 1.23. The van der Waals surface area contributed by atoms with E-state index in [9.17, 15) is 14.7 Å². The van der Waals surface area contributed by atoms with Gasteiger partial charge in [0.15, 0.2) is 11.4 Å². The molecule has 0 unspecified atom stereocenters. The Morgan fingerprint density at radius 2 is 1.90 bits per heavy atom. The van der Waals surface area contributed by atoms with Crippen molar-refractivity contribution in [3.05, 3.63) is 65.0 Å². The topological polar surface area (TPSA) is 106 Å². The van der Waals surface area contributed by atoms with Gasteiger partial charge in [0.25, 0.3) is 0 Å². The number of anilines is 1. The van der Waals surface area contributed by atoms with E-state index < -0.39 is 5.97 Å². The van der Waals surface area contributed by atoms with Gasteiger partial charge in [-0.2, -0.15) is 5.10 Å². The molecule has 0 bridgehead atoms. The number of hydrogen-bond acceptors (Lipinski definition) is 6. The second-order valence-electron chi connectivity index (χ2n) is 7.26. The number of ether oxygens (including phenoxy) is 1. The molecule has 4 aromatic rings. The number of benzene rings is 2. The molecule has 4 rings (SSSR count). The fraction of sp³-hybridized carbons (Fsp3) is 0.217. The summed E-state index contributed by atoms with van der Waals surface area (Å²) in [5, 5.41) is 18.5. The van der Waals surface area contributed by atoms with E-state index in [1.807, 2.05) is 42.6 Å². The van der Waals surface area contributed by atoms with Gasteiger partial charge in [-0.3, -0.25) is 4.79 Å². The van der Waals surface area contributed by atoms with Gasteiger partial charge in [0, 0.05) is 23.2 Å². The third kappa shape index (κ3) is 3.68. The second kappa shape index (κ2) is 8.06. The second-order valence-corrected chi connectivity index (χ2v) is 7.26. The van der Waals surface area contributed by atoms with Crippen LogP contribution in [0.2, 0.25) is 0 Å². The van der Waals surface area contributed by atoms with E-state index in [0.717, 1.165) is 33.5 Å². The molecule has 0 aliphatic rings. The highest BCUT2D eigenvalue weighted by Crippen LogP contribution is 2.28. The van der Waals surface area contributed by atoms with Gasteiger partial charge in [-0.1, -0.05) is 18.2 Å². The number of carbonyl (C=O) groups excluding carboxylic acids is 2. The van der Waals surface area contributed by atoms with Crippen LogP contribution >= 0.6 is 0 Å². The molecular formula is C23H22N4O4. The summed E-state index contributed by atoms with van der Waals surface area (Å²) in [6.07, 6.45) is 0.637. The number of phenolic OH excluding ortho intramolecular Hbond substituents is 1. The van der Waals surface area contributed by atoms with Gasteiger partial charge in [-0.05, 0) is 50.1 Å². The van der Waals surface area contributed by atoms with Gasteiger partial charge in [-0.15, -0.1) is 0 Å². The van der Waals surface area contributed by atoms with Crippen molar-refractivity contribution in [3.8, 4) is 5.75 Å². The molecule has 0 aliphatic carbocycles. The SMILES string of the molecule is COC(=O)c1cccc(NC(=O)CCc2c(C)nc3c4ccccc4nn3c2C)c1O. The fourth-order valence-corrected chi connectivity index (χ4v) is 3.71. The summed E-state index contributed by atoms with van der Waals surface area (Å²) in [5.41, 5.74) is 4.54. The van der Waals surface area contributed by atoms with Gasteiger partial charge in [0.1, 0.15) is 5.56 Å². The zero-order valence-electron chi connectivity index (χ0n) is 17.5. The molecule has 0 atom stereocenters. The average Bonchev–Trinajstić information content (AvgIpc) is 3.13. The molecule has 0 aliphatic heterocycles. The fourth-order valence-electron chi connectivity index (χ4n) is 3.71. The van der Waals surface area contributed by atoms with Crippen molar-refractivity contribution in [2.24, 2.45) is 0 Å². The zero-order chi connectivity index (χ0) is 22.1. The normalized spacial score (nSPS) is 11.1. The van der Waals surface area contributed by atoms with E-state index in [-0.39, 0.29) is 29.3 Å². The van der Waals surface area contributed by atoms with Gasteiger partial charge < -0.3 is 15.2 Å². The Morgan fingerprint density at radius 3 is 2.68 bits per heavy atom. The standard InChI is InChI=1S/C23H22N4O4/c1-13-15(14(2)27-22(24-13)16-7-4-5-9-18(16)26-27)11-12-20(28)25-19-10-6-8-17(21(19)29)23(30)31-3/h4-10,29H,11-12H2,1-3H3,(H,25,28). The summed E-state index contributed by atoms with van der Waals surface area (Å²) in [6, 6.07) is 12.4. The molecule has 1 amide bonds. The van der Waals surface area contributed by atoms with Crippen molar-refractivity contribution >= 4 is 34.1 Å². The zero-order valence-corrected chi connectivity index (χ0v) is 17.5. The van der Waals surface area contributed by atoms with Gasteiger partial charge in [0.05, 0.1) is 18.3 Å². The Bertz CT molecular complexity index is 1330. The third-order valence-electron chi connectivity index (χ3n) is 5.34. The summed E-state index contributed by atoms with van der Waals surface area (Å²) in [6.45, 7) is 3.89. The molecule has 0 saturated carbocycles. The number of aryl methyl sites for hydroxylation is 2. The number of phenols is 1. The van der Waals surface area contributed by atoms with Gasteiger partial charge in [0.2, 0.25) is 5.91 Å². The van der Waals surface area contributed by atoms with Crippen LogP contribution in [0, 0.1) is 13.8 Å². The van der Waals surface area contributed by atoms with E-state index >= 15 is 0 Å². The molecule has 31 heavy (non-hydrogen) atoms. The maximum Gasteiger partial charge on any atom is 0.341 e. The predicted molar refractivity (Wildman–Crippen MR) is 116 cm³/mol. The highest BCUT2D eigenvalue weighted by atomic mass is 16.5. The number of esters is 1. The first kappa shape index (κ1) is 20.3. The number of fused-ring (bicyclic) bond motifs is 3. The largest absolute Gasteiger partial charge is 0.505 e. The molecule has 2 N–H and O–H groups in total. The monoisotopic (exact) mass is 418 g/mol. The Morgan fingerprint density at radius 1 is 1.13 bits per heavy atom. The number of rotatable bonds is 5. The van der Waals surface area contributed by atoms with Crippen LogP contribution in [-0.2, 0) is 16.0 Å². The number of aromatic hydroxyl groups is 1. The van der Waals surface area contributed by atoms with Crippen LogP contribution in [0.4, 0.5) is 5.69 Å². The minimum atomic E-state index is -0.675. The lowest BCUT2D eigenvalue weighted by Gasteiger charge is -2.12. The maximum atomic E-state index is 12.5. The summed E-state index contributed by atoms with van der Waals surface area (Å²) >= 11 is 0. The molecule has 2 heterocycles. The number of amides is 1. The minimum Gasteiger partial charge on any atom is -0.505 e. The number of nitrogens with one attached hydrogen (secondary N) is 1. The quantitative estimate of drug-likeness (QED) is 0.379. The van der Waals surface area contributed by atoms with E-state index in [4.69, 9.17) is 4.98 Å². The molecule has 0 saturated heterocycles. The van der Waals surface area contributed by atoms with Crippen molar-refractivity contribution in [1.29, 1.82) is 0 Å². The highest BCUT2D eigenvalue weighted by molar-refractivity contribution is 5.98. The van der Waals surface area contributed by atoms with Gasteiger partial charge >= 0.3 is 5.97 Å². The predicted octanol–water partition coefficient (Wildman–Crippen LogP) is 3.56. The number of hydrogen-bond donors (Lipinski definition) is 2. The smallest absolute Gasteiger partial charge is 0.341 e. The minimum absolute atomic E-state index is 0.00705. The first-order chi connectivity index (χ1) is 14.9. The first-order valence-corrected chi connectivity index (χ1v) is 9.84. The molecule has 2 aromatic carbocycles. The number of methoxy groups -OCH3 is 1. The number of carbonyl (C=O) groups is 2. The van der Waals surface area contributed by atoms with Crippen molar-refractivity contribution in [2.75, 3.05) is 12.4 Å². The lowest BCUT2D eigenvalue weighted by Crippen LogP contribution is -2.15. The van der Waals surface area contributed by atoms with Crippen LogP contribution in [0.15, 0.2) is 42.5 Å².